The van der Waals surface area contributed by atoms with Crippen molar-refractivity contribution in [3.05, 3.63) is 72.4 Å². The molecule has 0 aliphatic rings. The summed E-state index contributed by atoms with van der Waals surface area (Å²) < 4.78 is 1.37. The van der Waals surface area contributed by atoms with Crippen LogP contribution in [0.15, 0.2) is 72.4 Å². The normalized spacial score (nSPS) is 10.1. The van der Waals surface area contributed by atoms with Crippen LogP contribution in [0.3, 0.4) is 0 Å². The van der Waals surface area contributed by atoms with E-state index in [0.29, 0.717) is 0 Å². The molecule has 0 N–H and O–H groups in total. The van der Waals surface area contributed by atoms with Gasteiger partial charge in [0.25, 0.3) is 0 Å². The van der Waals surface area contributed by atoms with E-state index in [1.54, 1.807) is 23.7 Å². The summed E-state index contributed by atoms with van der Waals surface area (Å²) in [7, 11) is 0. The fourth-order valence-corrected chi connectivity index (χ4v) is 2.61. The fourth-order valence-electron chi connectivity index (χ4n) is 1.82. The van der Waals surface area contributed by atoms with Crippen LogP contribution in [-0.2, 0) is 0 Å². The number of rotatable bonds is 0. The predicted octanol–water partition coefficient (Wildman–Crippen LogP) is 4.53. The average Bonchev–Trinajstić information content (AvgIpc) is 2.96. The molecule has 2 heterocycles. The summed E-state index contributed by atoms with van der Waals surface area (Å²) in [6.45, 7) is 0. The van der Waals surface area contributed by atoms with Gasteiger partial charge >= 0.3 is 0 Å². The minimum absolute atomic E-state index is 0.949. The van der Waals surface area contributed by atoms with Crippen molar-refractivity contribution in [3.8, 4) is 0 Å². The van der Waals surface area contributed by atoms with Gasteiger partial charge in [0.1, 0.15) is 0 Å². The molecule has 0 spiro atoms. The Morgan fingerprint density at radius 3 is 2.00 bits per heavy atom. The Bertz CT molecular complexity index is 697. The topological polar surface area (TPSA) is 25.8 Å². The maximum atomic E-state index is 4.12. The Balaban J connectivity index is 0.000000117. The van der Waals surface area contributed by atoms with Gasteiger partial charge in [0.05, 0.1) is 11.0 Å². The van der Waals surface area contributed by atoms with Gasteiger partial charge in [-0.2, -0.15) is 0 Å². The number of fused-ring (bicyclic) bond motifs is 2. The van der Waals surface area contributed by atoms with Crippen LogP contribution in [0, 0.1) is 0 Å². The van der Waals surface area contributed by atoms with E-state index in [9.17, 15) is 0 Å². The van der Waals surface area contributed by atoms with Crippen molar-refractivity contribution in [1.29, 1.82) is 0 Å². The molecule has 0 bridgehead atoms. The van der Waals surface area contributed by atoms with Gasteiger partial charge < -0.3 is 0 Å². The number of benzene rings is 2. The lowest BCUT2D eigenvalue weighted by Gasteiger charge is -1.90. The second-order valence-corrected chi connectivity index (χ2v) is 4.95. The summed E-state index contributed by atoms with van der Waals surface area (Å²) in [5.74, 6) is 0. The van der Waals surface area contributed by atoms with E-state index >= 15 is 0 Å². The van der Waals surface area contributed by atoms with Gasteiger partial charge in [-0.3, -0.25) is 9.97 Å². The Morgan fingerprint density at radius 2 is 1.32 bits per heavy atom. The summed E-state index contributed by atoms with van der Waals surface area (Å²) in [5, 5.41) is 3.47. The van der Waals surface area contributed by atoms with Crippen LogP contribution in [0.4, 0.5) is 0 Å². The highest BCUT2D eigenvalue weighted by Crippen LogP contribution is 2.18. The molecule has 0 saturated carbocycles. The standard InChI is InChI=1S/C8H6N2.C8H6S/c1-2-4-8-7(3-1)9-5-6-10-8;1-2-4-8-7(3-1)5-6-9-8/h1-6H;1-6H. The summed E-state index contributed by atoms with van der Waals surface area (Å²) in [6, 6.07) is 18.3. The van der Waals surface area contributed by atoms with Gasteiger partial charge in [-0.1, -0.05) is 30.3 Å². The van der Waals surface area contributed by atoms with Gasteiger partial charge in [0, 0.05) is 17.1 Å². The van der Waals surface area contributed by atoms with Crippen molar-refractivity contribution in [1.82, 2.24) is 9.97 Å². The molecule has 4 rings (SSSR count). The Hall–Kier alpha value is -2.26. The molecule has 0 unspecified atom stereocenters. The Labute approximate surface area is 115 Å². The Kier molecular flexibility index (Phi) is 3.47. The monoisotopic (exact) mass is 264 g/mol. The zero-order chi connectivity index (χ0) is 12.9. The average molecular weight is 264 g/mol. The summed E-state index contributed by atoms with van der Waals surface area (Å²) >= 11 is 1.79. The number of hydrogen-bond donors (Lipinski definition) is 0. The molecular formula is C16H12N2S. The molecule has 3 heteroatoms. The van der Waals surface area contributed by atoms with Crippen LogP contribution >= 0.6 is 11.3 Å². The molecule has 0 saturated heterocycles. The van der Waals surface area contributed by atoms with Gasteiger partial charge in [-0.25, -0.2) is 0 Å². The van der Waals surface area contributed by atoms with Gasteiger partial charge in [-0.05, 0) is 35.0 Å². The molecule has 0 aliphatic carbocycles. The van der Waals surface area contributed by atoms with Crippen LogP contribution in [0.1, 0.15) is 0 Å². The first-order chi connectivity index (χ1) is 9.43. The van der Waals surface area contributed by atoms with Crippen molar-refractivity contribution in [2.45, 2.75) is 0 Å². The third kappa shape index (κ3) is 2.77. The van der Waals surface area contributed by atoms with Crippen molar-refractivity contribution < 1.29 is 0 Å². The maximum Gasteiger partial charge on any atom is 0.0886 e. The van der Waals surface area contributed by atoms with E-state index in [1.165, 1.54) is 10.1 Å². The highest BCUT2D eigenvalue weighted by Gasteiger charge is 1.88. The molecule has 0 amide bonds. The minimum atomic E-state index is 0.949. The summed E-state index contributed by atoms with van der Waals surface area (Å²) in [4.78, 5) is 8.24. The molecule has 0 radical (unpaired) electrons. The molecule has 2 aromatic heterocycles. The van der Waals surface area contributed by atoms with Crippen LogP contribution in [-0.4, -0.2) is 9.97 Å². The Morgan fingerprint density at radius 1 is 0.684 bits per heavy atom. The summed E-state index contributed by atoms with van der Waals surface area (Å²) in [6.07, 6.45) is 3.39. The molecule has 0 aliphatic heterocycles. The predicted molar refractivity (Wildman–Crippen MR) is 81.4 cm³/mol. The number of hydrogen-bond acceptors (Lipinski definition) is 3. The van der Waals surface area contributed by atoms with Crippen molar-refractivity contribution in [2.75, 3.05) is 0 Å². The van der Waals surface area contributed by atoms with Crippen LogP contribution in [0.25, 0.3) is 21.1 Å². The minimum Gasteiger partial charge on any atom is -0.253 e. The summed E-state index contributed by atoms with van der Waals surface area (Å²) in [5.41, 5.74) is 1.90. The lowest BCUT2D eigenvalue weighted by atomic mass is 10.3. The van der Waals surface area contributed by atoms with Crippen molar-refractivity contribution >= 4 is 32.5 Å². The van der Waals surface area contributed by atoms with Crippen molar-refractivity contribution in [3.63, 3.8) is 0 Å². The smallest absolute Gasteiger partial charge is 0.0886 e. The second kappa shape index (κ2) is 5.59. The number of aromatic nitrogens is 2. The highest BCUT2D eigenvalue weighted by atomic mass is 32.1. The first kappa shape index (κ1) is 11.8. The molecule has 2 nitrogen and oxygen atoms in total. The molecule has 0 atom stereocenters. The highest BCUT2D eigenvalue weighted by molar-refractivity contribution is 7.17. The van der Waals surface area contributed by atoms with Crippen molar-refractivity contribution in [2.24, 2.45) is 0 Å². The molecule has 19 heavy (non-hydrogen) atoms. The lowest BCUT2D eigenvalue weighted by Crippen LogP contribution is -1.78. The quantitative estimate of drug-likeness (QED) is 0.466. The molecule has 2 aromatic carbocycles. The van der Waals surface area contributed by atoms with E-state index in [0.717, 1.165) is 11.0 Å². The zero-order valence-electron chi connectivity index (χ0n) is 10.2. The van der Waals surface area contributed by atoms with E-state index in [1.807, 2.05) is 24.3 Å². The van der Waals surface area contributed by atoms with Crippen LogP contribution in [0.2, 0.25) is 0 Å². The zero-order valence-corrected chi connectivity index (χ0v) is 11.0. The van der Waals surface area contributed by atoms with E-state index in [4.69, 9.17) is 0 Å². The molecule has 92 valence electrons. The van der Waals surface area contributed by atoms with Gasteiger partial charge in [-0.15, -0.1) is 11.3 Å². The fraction of sp³-hybridized carbons (Fsp3) is 0. The molecular weight excluding hydrogens is 252 g/mol. The number of nitrogens with zero attached hydrogens (tertiary/aromatic N) is 2. The SMILES string of the molecule is c1ccc2nccnc2c1.c1ccc2sccc2c1. The van der Waals surface area contributed by atoms with Crippen LogP contribution < -0.4 is 0 Å². The number of para-hydroxylation sites is 2. The maximum absolute atomic E-state index is 4.12. The largest absolute Gasteiger partial charge is 0.253 e. The van der Waals surface area contributed by atoms with E-state index in [2.05, 4.69) is 45.7 Å². The number of thiophene rings is 1. The van der Waals surface area contributed by atoms with E-state index < -0.39 is 0 Å². The lowest BCUT2D eigenvalue weighted by molar-refractivity contribution is 1.29. The van der Waals surface area contributed by atoms with Crippen LogP contribution in [0.5, 0.6) is 0 Å². The first-order valence-electron chi connectivity index (χ1n) is 6.01. The molecule has 0 fully saturated rings. The first-order valence-corrected chi connectivity index (χ1v) is 6.89. The van der Waals surface area contributed by atoms with Gasteiger partial charge in [0.2, 0.25) is 0 Å². The molecule has 4 aromatic rings. The van der Waals surface area contributed by atoms with E-state index in [-0.39, 0.29) is 0 Å². The third-order valence-electron chi connectivity index (χ3n) is 2.74. The third-order valence-corrected chi connectivity index (χ3v) is 3.64. The van der Waals surface area contributed by atoms with Gasteiger partial charge in [0.15, 0.2) is 0 Å². The second-order valence-electron chi connectivity index (χ2n) is 4.00.